The topological polar surface area (TPSA) is 81.2 Å². The molecule has 216 valence electrons. The molecule has 3 heterocycles. The zero-order valence-electron chi connectivity index (χ0n) is 22.6. The van der Waals surface area contributed by atoms with E-state index in [1.807, 2.05) is 30.3 Å². The van der Waals surface area contributed by atoms with Gasteiger partial charge >= 0.3 is 0 Å². The molecule has 0 aliphatic carbocycles. The maximum absolute atomic E-state index is 14.5. The van der Waals surface area contributed by atoms with Crippen LogP contribution in [0.3, 0.4) is 0 Å². The summed E-state index contributed by atoms with van der Waals surface area (Å²) >= 11 is 11.5. The van der Waals surface area contributed by atoms with Gasteiger partial charge in [-0.1, -0.05) is 70.0 Å². The van der Waals surface area contributed by atoms with Crippen LogP contribution in [0.1, 0.15) is 12.0 Å². The highest BCUT2D eigenvalue weighted by atomic mass is 79.9. The second-order valence-electron chi connectivity index (χ2n) is 10.6. The first-order valence-corrected chi connectivity index (χ1v) is 15.8. The molecule has 2 bridgehead atoms. The minimum atomic E-state index is -0.849. The Kier molecular flexibility index (Phi) is 8.99. The van der Waals surface area contributed by atoms with E-state index in [1.54, 1.807) is 58.0 Å². The number of carbonyl (C=O) groups is 3. The summed E-state index contributed by atoms with van der Waals surface area (Å²) in [5.41, 5.74) is 1.62. The summed E-state index contributed by atoms with van der Waals surface area (Å²) in [6.45, 7) is 8.39. The Labute approximate surface area is 258 Å². The molecule has 1 N–H and O–H groups in total. The maximum Gasteiger partial charge on any atom is 0.251 e. The van der Waals surface area contributed by atoms with E-state index >= 15 is 0 Å². The fourth-order valence-corrected chi connectivity index (χ4v) is 10.4. The Morgan fingerprint density at radius 1 is 1.10 bits per heavy atom. The van der Waals surface area contributed by atoms with E-state index in [4.69, 9.17) is 11.6 Å². The second-order valence-corrected chi connectivity index (χ2v) is 13.8. The number of alkyl halides is 1. The number of aliphatic hydroxyl groups is 1. The minimum absolute atomic E-state index is 0.00944. The van der Waals surface area contributed by atoms with Gasteiger partial charge in [0.25, 0.3) is 5.91 Å². The van der Waals surface area contributed by atoms with Crippen molar-refractivity contribution in [3.05, 3.63) is 90.5 Å². The third-order valence-electron chi connectivity index (χ3n) is 8.24. The van der Waals surface area contributed by atoms with Gasteiger partial charge in [-0.05, 0) is 36.2 Å². The number of halogens is 2. The summed E-state index contributed by atoms with van der Waals surface area (Å²) in [4.78, 5) is 47.8. The molecule has 3 amide bonds. The predicted octanol–water partition coefficient (Wildman–Crippen LogP) is 4.53. The average Bonchev–Trinajstić information content (AvgIpc) is 3.55. The summed E-state index contributed by atoms with van der Waals surface area (Å²) in [5.74, 6) is -1.93. The first-order valence-electron chi connectivity index (χ1n) is 13.6. The number of hydrogen-bond acceptors (Lipinski definition) is 5. The Hall–Kier alpha value is -2.59. The van der Waals surface area contributed by atoms with Gasteiger partial charge in [0, 0.05) is 47.0 Å². The maximum atomic E-state index is 14.5. The molecule has 5 rings (SSSR count). The molecule has 0 saturated carbocycles. The smallest absolute Gasteiger partial charge is 0.251 e. The Morgan fingerprint density at radius 3 is 2.41 bits per heavy atom. The molecule has 0 aromatic heterocycles. The monoisotopic (exact) mass is 657 g/mol. The van der Waals surface area contributed by atoms with E-state index in [1.165, 1.54) is 4.90 Å². The number of β-amino-alcohol motifs (C(OH)–C–C–N with tert-alkyl or cyclic N) is 1. The zero-order valence-corrected chi connectivity index (χ0v) is 25.7. The third kappa shape index (κ3) is 5.26. The first-order chi connectivity index (χ1) is 19.8. The van der Waals surface area contributed by atoms with Gasteiger partial charge in [-0.3, -0.25) is 14.4 Å². The average molecular weight is 659 g/mol. The lowest BCUT2D eigenvalue weighted by Gasteiger charge is -2.38. The van der Waals surface area contributed by atoms with Gasteiger partial charge in [-0.15, -0.1) is 24.9 Å². The predicted molar refractivity (Wildman–Crippen MR) is 167 cm³/mol. The summed E-state index contributed by atoms with van der Waals surface area (Å²) in [5, 5.41) is 10.3. The van der Waals surface area contributed by atoms with Crippen molar-refractivity contribution >= 4 is 62.7 Å². The van der Waals surface area contributed by atoms with E-state index < -0.39 is 22.6 Å². The normalized spacial score (nSPS) is 27.9. The van der Waals surface area contributed by atoms with Crippen LogP contribution in [0, 0.1) is 11.8 Å². The van der Waals surface area contributed by atoms with Gasteiger partial charge in [0.15, 0.2) is 0 Å². The van der Waals surface area contributed by atoms with Crippen molar-refractivity contribution in [2.45, 2.75) is 33.8 Å². The van der Waals surface area contributed by atoms with Crippen molar-refractivity contribution in [1.82, 2.24) is 9.80 Å². The van der Waals surface area contributed by atoms with Crippen molar-refractivity contribution in [1.29, 1.82) is 0 Å². The lowest BCUT2D eigenvalue weighted by Crippen LogP contribution is -2.56. The largest absolute Gasteiger partial charge is 0.395 e. The van der Waals surface area contributed by atoms with E-state index in [-0.39, 0.29) is 47.5 Å². The zero-order chi connectivity index (χ0) is 29.3. The van der Waals surface area contributed by atoms with E-state index in [9.17, 15) is 19.5 Å². The number of rotatable bonds is 11. The Bertz CT molecular complexity index is 1330. The van der Waals surface area contributed by atoms with Crippen LogP contribution in [-0.4, -0.2) is 79.7 Å². The van der Waals surface area contributed by atoms with Crippen LogP contribution in [0.4, 0.5) is 5.69 Å². The molecule has 3 fully saturated rings. The van der Waals surface area contributed by atoms with Crippen LogP contribution in [-0.2, 0) is 20.9 Å². The SMILES string of the molecule is C=CCN(Cc1ccccc1)C(=O)[C@H]1[C@@H]2SC3(CC2Br)C(C(=O)N(CC=C)c2ccc(Cl)cc2)N(CCO)C(=O)[C@H]13. The minimum Gasteiger partial charge on any atom is -0.395 e. The molecule has 6 atom stereocenters. The standard InChI is InChI=1S/C31H33BrClN3O4S/c1-3-14-34(19-20-8-6-5-7-9-20)28(38)24-25-29(39)36(16-17-37)27(31(25)18-23(32)26(24)41-31)30(40)35(15-4-2)22-12-10-21(33)11-13-22/h3-13,23-27,37H,1-2,14-19H2/t23?,24-,25+,26-,27?,31?/m1/s1. The summed E-state index contributed by atoms with van der Waals surface area (Å²) in [6.07, 6.45) is 3.90. The number of benzene rings is 2. The van der Waals surface area contributed by atoms with Crippen LogP contribution in [0.25, 0.3) is 0 Å². The highest BCUT2D eigenvalue weighted by Gasteiger charge is 2.76. The number of aliphatic hydroxyl groups excluding tert-OH is 1. The van der Waals surface area contributed by atoms with Crippen LogP contribution in [0.15, 0.2) is 79.9 Å². The highest BCUT2D eigenvalue weighted by Crippen LogP contribution is 2.68. The highest BCUT2D eigenvalue weighted by molar-refractivity contribution is 9.09. The van der Waals surface area contributed by atoms with Crippen molar-refractivity contribution in [3.8, 4) is 0 Å². The molecule has 41 heavy (non-hydrogen) atoms. The number of carbonyl (C=O) groups excluding carboxylic acids is 3. The van der Waals surface area contributed by atoms with E-state index in [2.05, 4.69) is 29.1 Å². The van der Waals surface area contributed by atoms with Gasteiger partial charge in [0.2, 0.25) is 11.8 Å². The van der Waals surface area contributed by atoms with E-state index in [0.29, 0.717) is 30.2 Å². The van der Waals surface area contributed by atoms with Crippen molar-refractivity contribution < 1.29 is 19.5 Å². The number of thioether (sulfide) groups is 1. The van der Waals surface area contributed by atoms with Gasteiger partial charge in [-0.25, -0.2) is 0 Å². The van der Waals surface area contributed by atoms with Gasteiger partial charge in [-0.2, -0.15) is 0 Å². The molecule has 3 aliphatic rings. The summed E-state index contributed by atoms with van der Waals surface area (Å²) < 4.78 is -0.819. The summed E-state index contributed by atoms with van der Waals surface area (Å²) in [6, 6.07) is 15.8. The number of fused-ring (bicyclic) bond motifs is 1. The molecule has 0 radical (unpaired) electrons. The van der Waals surface area contributed by atoms with Crippen LogP contribution in [0.5, 0.6) is 0 Å². The number of hydrogen-bond donors (Lipinski definition) is 1. The van der Waals surface area contributed by atoms with Crippen molar-refractivity contribution in [3.63, 3.8) is 0 Å². The summed E-state index contributed by atoms with van der Waals surface area (Å²) in [7, 11) is 0. The molecule has 2 aromatic carbocycles. The number of likely N-dealkylation sites (tertiary alicyclic amines) is 1. The van der Waals surface area contributed by atoms with Crippen LogP contribution >= 0.6 is 39.3 Å². The van der Waals surface area contributed by atoms with Crippen molar-refractivity contribution in [2.24, 2.45) is 11.8 Å². The van der Waals surface area contributed by atoms with E-state index in [0.717, 1.165) is 5.56 Å². The lowest BCUT2D eigenvalue weighted by atomic mass is 9.70. The molecule has 7 nitrogen and oxygen atoms in total. The van der Waals surface area contributed by atoms with Crippen LogP contribution in [0.2, 0.25) is 5.02 Å². The Morgan fingerprint density at radius 2 is 1.78 bits per heavy atom. The molecule has 2 aromatic rings. The van der Waals surface area contributed by atoms with Crippen LogP contribution < -0.4 is 4.90 Å². The molecule has 3 saturated heterocycles. The second kappa shape index (κ2) is 12.3. The number of anilines is 1. The van der Waals surface area contributed by atoms with Gasteiger partial charge in [0.05, 0.1) is 23.2 Å². The molecule has 3 unspecified atom stereocenters. The fraction of sp³-hybridized carbons (Fsp3) is 0.387. The number of nitrogens with zero attached hydrogens (tertiary/aromatic N) is 3. The van der Waals surface area contributed by atoms with Gasteiger partial charge < -0.3 is 19.8 Å². The first kappa shape index (κ1) is 29.9. The lowest BCUT2D eigenvalue weighted by molar-refractivity contribution is -0.144. The van der Waals surface area contributed by atoms with Gasteiger partial charge in [0.1, 0.15) is 6.04 Å². The Balaban J connectivity index is 1.53. The number of amides is 3. The molecular formula is C31H33BrClN3O4S. The molecule has 10 heteroatoms. The molecular weight excluding hydrogens is 626 g/mol. The molecule has 3 aliphatic heterocycles. The fourth-order valence-electron chi connectivity index (χ4n) is 6.66. The quantitative estimate of drug-likeness (QED) is 0.284. The third-order valence-corrected chi connectivity index (χ3v) is 11.7. The van der Waals surface area contributed by atoms with Crippen molar-refractivity contribution in [2.75, 3.05) is 31.1 Å². The molecule has 1 spiro atoms.